The first-order chi connectivity index (χ1) is 9.73. The minimum absolute atomic E-state index is 0.0936. The summed E-state index contributed by atoms with van der Waals surface area (Å²) in [4.78, 5) is 21.7. The highest BCUT2D eigenvalue weighted by Crippen LogP contribution is 2.28. The summed E-state index contributed by atoms with van der Waals surface area (Å²) in [5.41, 5.74) is 0.741. The van der Waals surface area contributed by atoms with E-state index in [1.54, 1.807) is 13.8 Å². The van der Waals surface area contributed by atoms with E-state index in [1.165, 1.54) is 6.07 Å². The smallest absolute Gasteiger partial charge is 0.271 e. The molecule has 2 rings (SSSR count). The molecule has 114 valence electrons. The maximum Gasteiger partial charge on any atom is 0.271 e. The van der Waals surface area contributed by atoms with E-state index in [0.717, 1.165) is 10.4 Å². The molecule has 0 unspecified atom stereocenters. The Morgan fingerprint density at radius 2 is 1.95 bits per heavy atom. The zero-order chi connectivity index (χ0) is 15.8. The Hall–Kier alpha value is -1.80. The van der Waals surface area contributed by atoms with Crippen molar-refractivity contribution in [2.75, 3.05) is 13.1 Å². The molecule has 1 fully saturated rings. The Balaban J connectivity index is 2.53. The van der Waals surface area contributed by atoms with Gasteiger partial charge < -0.3 is 0 Å². The van der Waals surface area contributed by atoms with Gasteiger partial charge in [-0.3, -0.25) is 14.9 Å². The van der Waals surface area contributed by atoms with Crippen LogP contribution in [0.2, 0.25) is 0 Å². The first-order valence-electron chi connectivity index (χ1n) is 6.51. The second-order valence-electron chi connectivity index (χ2n) is 5.12. The van der Waals surface area contributed by atoms with Gasteiger partial charge >= 0.3 is 0 Å². The van der Waals surface area contributed by atoms with Crippen LogP contribution in [0.3, 0.4) is 0 Å². The Morgan fingerprint density at radius 3 is 2.52 bits per heavy atom. The third-order valence-electron chi connectivity index (χ3n) is 3.65. The molecule has 8 heteroatoms. The van der Waals surface area contributed by atoms with Crippen LogP contribution in [0.5, 0.6) is 0 Å². The van der Waals surface area contributed by atoms with Crippen molar-refractivity contribution in [2.24, 2.45) is 0 Å². The van der Waals surface area contributed by atoms with Crippen molar-refractivity contribution in [3.8, 4) is 0 Å². The minimum Gasteiger partial charge on any atom is -0.298 e. The number of nitro groups is 1. The number of ketones is 1. The second kappa shape index (κ2) is 5.53. The normalized spacial score (nSPS) is 17.0. The quantitative estimate of drug-likeness (QED) is 0.623. The van der Waals surface area contributed by atoms with E-state index in [1.807, 2.05) is 0 Å². The zero-order valence-corrected chi connectivity index (χ0v) is 12.6. The lowest BCUT2D eigenvalue weighted by Crippen LogP contribution is -2.40. The predicted octanol–water partition coefficient (Wildman–Crippen LogP) is 1.57. The van der Waals surface area contributed by atoms with E-state index >= 15 is 0 Å². The Morgan fingerprint density at radius 1 is 1.29 bits per heavy atom. The Bertz CT molecular complexity index is 712. The van der Waals surface area contributed by atoms with Crippen molar-refractivity contribution in [3.63, 3.8) is 0 Å². The number of piperidine rings is 1. The average molecular weight is 312 g/mol. The maximum absolute atomic E-state index is 12.6. The van der Waals surface area contributed by atoms with Crippen molar-refractivity contribution in [1.82, 2.24) is 4.31 Å². The van der Waals surface area contributed by atoms with E-state index in [0.29, 0.717) is 24.0 Å². The Kier molecular flexibility index (Phi) is 4.11. The molecule has 0 atom stereocenters. The monoisotopic (exact) mass is 312 g/mol. The van der Waals surface area contributed by atoms with Gasteiger partial charge in [0, 0.05) is 25.1 Å². The molecule has 0 spiro atoms. The van der Waals surface area contributed by atoms with Gasteiger partial charge in [0.25, 0.3) is 5.69 Å². The minimum atomic E-state index is -3.90. The molecule has 0 aliphatic carbocycles. The lowest BCUT2D eigenvalue weighted by Gasteiger charge is -2.26. The summed E-state index contributed by atoms with van der Waals surface area (Å²) in [6.07, 6.45) is 0.851. The van der Waals surface area contributed by atoms with Crippen LogP contribution in [0.4, 0.5) is 5.69 Å². The number of aryl methyl sites for hydroxylation is 1. The second-order valence-corrected chi connectivity index (χ2v) is 7.03. The molecule has 1 aromatic rings. The number of sulfonamides is 1. The van der Waals surface area contributed by atoms with Gasteiger partial charge in [0.05, 0.1) is 16.4 Å². The molecule has 1 aromatic carbocycles. The molecule has 0 aromatic heterocycles. The summed E-state index contributed by atoms with van der Waals surface area (Å²) < 4.78 is 26.4. The largest absolute Gasteiger partial charge is 0.298 e. The molecular weight excluding hydrogens is 296 g/mol. The number of hydrogen-bond donors (Lipinski definition) is 0. The van der Waals surface area contributed by atoms with Crippen LogP contribution < -0.4 is 0 Å². The van der Waals surface area contributed by atoms with Crippen LogP contribution in [-0.4, -0.2) is 36.5 Å². The number of Topliss-reactive ketones (excluding diaryl/α,β-unsaturated/α-hetero) is 1. The van der Waals surface area contributed by atoms with Crippen molar-refractivity contribution < 1.29 is 18.1 Å². The lowest BCUT2D eigenvalue weighted by molar-refractivity contribution is -0.385. The highest BCUT2D eigenvalue weighted by atomic mass is 32.2. The summed E-state index contributed by atoms with van der Waals surface area (Å²) in [5.74, 6) is -0.135. The summed E-state index contributed by atoms with van der Waals surface area (Å²) in [6, 6.07) is 2.41. The van der Waals surface area contributed by atoms with Crippen LogP contribution in [-0.2, 0) is 14.8 Å². The van der Waals surface area contributed by atoms with Crippen molar-refractivity contribution in [3.05, 3.63) is 33.4 Å². The van der Waals surface area contributed by atoms with Crippen LogP contribution in [0, 0.1) is 24.0 Å². The van der Waals surface area contributed by atoms with Gasteiger partial charge in [-0.15, -0.1) is 0 Å². The van der Waals surface area contributed by atoms with Crippen LogP contribution in [0.1, 0.15) is 24.0 Å². The molecule has 0 radical (unpaired) electrons. The Labute approximate surface area is 122 Å². The number of benzene rings is 1. The van der Waals surface area contributed by atoms with E-state index in [-0.39, 0.29) is 29.5 Å². The van der Waals surface area contributed by atoms with Crippen molar-refractivity contribution >= 4 is 21.5 Å². The zero-order valence-electron chi connectivity index (χ0n) is 11.8. The molecule has 0 bridgehead atoms. The molecule has 1 saturated heterocycles. The molecular formula is C13H16N2O5S. The number of carbonyl (C=O) groups is 1. The van der Waals surface area contributed by atoms with Gasteiger partial charge in [0.1, 0.15) is 5.78 Å². The predicted molar refractivity (Wildman–Crippen MR) is 75.6 cm³/mol. The standard InChI is InChI=1S/C13H16N2O5S/c1-9-6-11(15(17)18)7-13(10(9)2)21(19,20)14-5-3-4-12(16)8-14/h6-7H,3-5,8H2,1-2H3. The SMILES string of the molecule is Cc1cc([N+](=O)[O-])cc(S(=O)(=O)N2CCCC(=O)C2)c1C. The number of rotatable bonds is 3. The molecule has 0 saturated carbocycles. The third-order valence-corrected chi connectivity index (χ3v) is 5.62. The van der Waals surface area contributed by atoms with Gasteiger partial charge in [-0.2, -0.15) is 4.31 Å². The number of hydrogen-bond acceptors (Lipinski definition) is 5. The molecule has 7 nitrogen and oxygen atoms in total. The molecule has 1 heterocycles. The van der Waals surface area contributed by atoms with Gasteiger partial charge in [0.2, 0.25) is 10.0 Å². The van der Waals surface area contributed by atoms with Gasteiger partial charge in [0.15, 0.2) is 0 Å². The fourth-order valence-corrected chi connectivity index (χ4v) is 4.11. The van der Waals surface area contributed by atoms with Gasteiger partial charge in [-0.05, 0) is 31.4 Å². The van der Waals surface area contributed by atoms with Gasteiger partial charge in [-0.25, -0.2) is 8.42 Å². The van der Waals surface area contributed by atoms with Crippen LogP contribution >= 0.6 is 0 Å². The molecule has 0 amide bonds. The molecule has 21 heavy (non-hydrogen) atoms. The van der Waals surface area contributed by atoms with Crippen molar-refractivity contribution in [1.29, 1.82) is 0 Å². The first-order valence-corrected chi connectivity index (χ1v) is 7.95. The van der Waals surface area contributed by atoms with Gasteiger partial charge in [-0.1, -0.05) is 0 Å². The highest BCUT2D eigenvalue weighted by molar-refractivity contribution is 7.89. The summed E-state index contributed by atoms with van der Waals surface area (Å²) in [5, 5.41) is 10.9. The van der Waals surface area contributed by atoms with E-state index in [2.05, 4.69) is 0 Å². The van der Waals surface area contributed by atoms with Crippen LogP contribution in [0.15, 0.2) is 17.0 Å². The number of nitrogens with zero attached hydrogens (tertiary/aromatic N) is 2. The highest BCUT2D eigenvalue weighted by Gasteiger charge is 2.32. The maximum atomic E-state index is 12.6. The number of nitro benzene ring substituents is 1. The molecule has 1 aliphatic rings. The summed E-state index contributed by atoms with van der Waals surface area (Å²) in [6.45, 7) is 3.33. The van der Waals surface area contributed by atoms with Crippen molar-refractivity contribution in [2.45, 2.75) is 31.6 Å². The third kappa shape index (κ3) is 2.96. The lowest BCUT2D eigenvalue weighted by atomic mass is 10.1. The summed E-state index contributed by atoms with van der Waals surface area (Å²) in [7, 11) is -3.90. The summed E-state index contributed by atoms with van der Waals surface area (Å²) >= 11 is 0. The van der Waals surface area contributed by atoms with Crippen LogP contribution in [0.25, 0.3) is 0 Å². The number of non-ortho nitro benzene ring substituents is 1. The topological polar surface area (TPSA) is 97.6 Å². The van der Waals surface area contributed by atoms with E-state index in [9.17, 15) is 23.3 Å². The first kappa shape index (κ1) is 15.6. The fourth-order valence-electron chi connectivity index (χ4n) is 2.33. The van der Waals surface area contributed by atoms with E-state index in [4.69, 9.17) is 0 Å². The molecule has 1 aliphatic heterocycles. The average Bonchev–Trinajstić information content (AvgIpc) is 2.41. The fraction of sp³-hybridized carbons (Fsp3) is 0.462. The molecule has 0 N–H and O–H groups in total. The number of carbonyl (C=O) groups excluding carboxylic acids is 1. The van der Waals surface area contributed by atoms with E-state index < -0.39 is 14.9 Å².